The molecule has 18 heteroatoms. The molecule has 0 spiro atoms. The van der Waals surface area contributed by atoms with Crippen LogP contribution in [0.2, 0.25) is 0 Å². The Morgan fingerprint density at radius 2 is 1.68 bits per heavy atom. The van der Waals surface area contributed by atoms with Gasteiger partial charge in [0.2, 0.25) is 0 Å². The second kappa shape index (κ2) is 13.7. The number of carbonyl (C=O) groups excluding carboxylic acids is 1. The highest BCUT2D eigenvalue weighted by Crippen LogP contribution is 2.40. The normalized spacial score (nSPS) is 37.2. The van der Waals surface area contributed by atoms with E-state index >= 15 is 0 Å². The van der Waals surface area contributed by atoms with Crippen LogP contribution in [0.1, 0.15) is 40.5 Å². The zero-order chi connectivity index (χ0) is 31.6. The van der Waals surface area contributed by atoms with E-state index in [0.717, 1.165) is 6.92 Å². The molecule has 2 aliphatic rings. The van der Waals surface area contributed by atoms with Gasteiger partial charge in [-0.15, -0.1) is 0 Å². The molecule has 10 atom stereocenters. The molecule has 0 aromatic rings. The van der Waals surface area contributed by atoms with E-state index in [1.165, 1.54) is 7.11 Å². The number of nitrogens with one attached hydrogen (secondary N) is 2. The maximum atomic E-state index is 11.9. The van der Waals surface area contributed by atoms with Gasteiger partial charge in [-0.25, -0.2) is 21.6 Å². The molecule has 0 aliphatic heterocycles. The highest BCUT2D eigenvalue weighted by molar-refractivity contribution is 7.85. The summed E-state index contributed by atoms with van der Waals surface area (Å²) in [5, 5.41) is 47.6. The van der Waals surface area contributed by atoms with Crippen molar-refractivity contribution in [3.05, 3.63) is 0 Å². The number of rotatable bonds is 13. The van der Waals surface area contributed by atoms with E-state index in [0.29, 0.717) is 6.54 Å². The van der Waals surface area contributed by atoms with Crippen LogP contribution in [0, 0.1) is 17.3 Å². The summed E-state index contributed by atoms with van der Waals surface area (Å²) < 4.78 is 88.9. The van der Waals surface area contributed by atoms with E-state index < -0.39 is 98.7 Å². The fourth-order valence-corrected chi connectivity index (χ4v) is 7.07. The van der Waals surface area contributed by atoms with Crippen molar-refractivity contribution in [1.29, 1.82) is 0 Å². The molecule has 2 aliphatic carbocycles. The fourth-order valence-electron chi connectivity index (χ4n) is 5.54. The van der Waals surface area contributed by atoms with Gasteiger partial charge in [0, 0.05) is 43.8 Å². The quantitative estimate of drug-likeness (QED) is 0.0955. The van der Waals surface area contributed by atoms with E-state index in [1.807, 2.05) is 20.8 Å². The van der Waals surface area contributed by atoms with Gasteiger partial charge in [-0.1, -0.05) is 20.8 Å². The van der Waals surface area contributed by atoms with Gasteiger partial charge in [0.15, 0.2) is 10.3 Å². The van der Waals surface area contributed by atoms with Gasteiger partial charge in [0.05, 0.1) is 47.2 Å². The largest absolute Gasteiger partial charge is 0.748 e. The lowest BCUT2D eigenvalue weighted by Crippen LogP contribution is -2.70. The van der Waals surface area contributed by atoms with Gasteiger partial charge in [-0.2, -0.15) is 0 Å². The van der Waals surface area contributed by atoms with Crippen LogP contribution in [-0.4, -0.2) is 128 Å². The number of hydrogen-bond donors (Lipinski definition) is 5. The number of aliphatic hydroxyl groups excluding tert-OH is 2. The first kappa shape index (κ1) is 36.2. The van der Waals surface area contributed by atoms with E-state index in [9.17, 15) is 51.2 Å². The number of carbonyl (C=O) groups is 1. The Kier molecular flexibility index (Phi) is 12.1. The summed E-state index contributed by atoms with van der Waals surface area (Å²) in [7, 11) is -9.07. The smallest absolute Gasteiger partial charge is 0.159 e. The third-order valence-corrected chi connectivity index (χ3v) is 8.73. The molecule has 0 saturated heterocycles. The highest BCUT2D eigenvalue weighted by Gasteiger charge is 2.56. The minimum atomic E-state index is -5.31. The minimum absolute atomic E-state index is 0.0819. The van der Waals surface area contributed by atoms with Gasteiger partial charge >= 0.3 is 0 Å². The molecular formula is C23H41N2O14S2-3. The van der Waals surface area contributed by atoms with Crippen LogP contribution in [0.3, 0.4) is 0 Å². The summed E-state index contributed by atoms with van der Waals surface area (Å²) in [5.41, 5.74) is -2.47. The maximum absolute atomic E-state index is 11.9. The number of aliphatic hydroxyl groups is 3. The first-order chi connectivity index (χ1) is 18.6. The number of ether oxygens (including phenoxy) is 3. The van der Waals surface area contributed by atoms with Crippen LogP contribution >= 0.6 is 0 Å². The van der Waals surface area contributed by atoms with Crippen LogP contribution in [0.25, 0.3) is 0 Å². The molecule has 2 rings (SSSR count). The molecular weight excluding hydrogens is 592 g/mol. The molecule has 4 unspecified atom stereocenters. The number of methoxy groups -OCH3 is 1. The van der Waals surface area contributed by atoms with Crippen LogP contribution in [0.15, 0.2) is 0 Å². The van der Waals surface area contributed by atoms with Crippen molar-refractivity contribution < 1.29 is 65.4 Å². The first-order valence-corrected chi connectivity index (χ1v) is 16.0. The summed E-state index contributed by atoms with van der Waals surface area (Å²) in [6, 6.07) is -1.85. The van der Waals surface area contributed by atoms with E-state index in [-0.39, 0.29) is 25.0 Å². The second-order valence-electron chi connectivity index (χ2n) is 12.1. The second-order valence-corrected chi connectivity index (χ2v) is 14.7. The van der Waals surface area contributed by atoms with Crippen LogP contribution in [0.5, 0.6) is 0 Å². The lowest BCUT2D eigenvalue weighted by atomic mass is 9.72. The average Bonchev–Trinajstić information content (AvgIpc) is 2.78. The summed E-state index contributed by atoms with van der Waals surface area (Å²) in [4.78, 5) is 11.9. The van der Waals surface area contributed by atoms with E-state index in [4.69, 9.17) is 14.2 Å². The van der Waals surface area contributed by atoms with Gasteiger partial charge in [0.25, 0.3) is 0 Å². The Balaban J connectivity index is 2.44. The Hall–Kier alpha value is -1.03. The van der Waals surface area contributed by atoms with Crippen molar-refractivity contribution in [3.63, 3.8) is 0 Å². The van der Waals surface area contributed by atoms with Crippen LogP contribution < -0.4 is 15.1 Å². The Bertz CT molecular complexity index is 1090. The molecule has 41 heavy (non-hydrogen) atoms. The standard InChI is InChI=1S/C23H44N2O14S2/c1-22(2,3)11-24-6-7-38-20-12(10-40(31,32)33)8-15(19(23(20,4)30)25-41(34,35)36)39-18-13(21(28)29)9-14(37-5)16(26)17(18)27/h12-20,24-27,30H,6-11H2,1-5H3,(H,28,29)(H,31,32,33)(H,34,35,36)/p-3/t12?,13?,14-,15-,16?,17+,18+,19?,20+,23+/m1/s1. The molecule has 0 radical (unpaired) electrons. The summed E-state index contributed by atoms with van der Waals surface area (Å²) >= 11 is 0. The van der Waals surface area contributed by atoms with E-state index in [1.54, 1.807) is 4.72 Å². The number of hydrogen-bond acceptors (Lipinski definition) is 15. The molecule has 2 saturated carbocycles. The monoisotopic (exact) mass is 633 g/mol. The highest BCUT2D eigenvalue weighted by atomic mass is 32.2. The molecule has 5 N–H and O–H groups in total. The molecule has 0 aromatic carbocycles. The minimum Gasteiger partial charge on any atom is -0.748 e. The molecule has 0 heterocycles. The van der Waals surface area contributed by atoms with Gasteiger partial charge in [-0.05, 0) is 25.2 Å². The van der Waals surface area contributed by atoms with Gasteiger partial charge < -0.3 is 53.9 Å². The average molecular weight is 634 g/mol. The molecule has 242 valence electrons. The SMILES string of the molecule is CO[C@@H]1CC(C(=O)[O-])[C@H](O[C@@H]2CC(CS(=O)(=O)[O-])[C@H](OCCNCC(C)(C)C)[C@@](C)(O)C2NS(=O)(=O)[O-])[C@@H](O)C1O. The lowest BCUT2D eigenvalue weighted by molar-refractivity contribution is -0.323. The third-order valence-electron chi connectivity index (χ3n) is 7.35. The molecule has 0 aromatic heterocycles. The number of aliphatic carboxylic acids is 1. The van der Waals surface area contributed by atoms with Crippen LogP contribution in [0.4, 0.5) is 0 Å². The topological polar surface area (TPSA) is 267 Å². The Morgan fingerprint density at radius 3 is 2.17 bits per heavy atom. The molecule has 0 bridgehead atoms. The molecule has 0 amide bonds. The van der Waals surface area contributed by atoms with Gasteiger partial charge in [0.1, 0.15) is 17.8 Å². The van der Waals surface area contributed by atoms with Crippen molar-refractivity contribution in [2.45, 2.75) is 88.8 Å². The number of carboxylic acid groups (broad SMARTS) is 1. The summed E-state index contributed by atoms with van der Waals surface area (Å²) in [5.74, 6) is -5.69. The molecule has 16 nitrogen and oxygen atoms in total. The number of carboxylic acids is 1. The molecule has 2 fully saturated rings. The van der Waals surface area contributed by atoms with Crippen molar-refractivity contribution in [2.24, 2.45) is 17.3 Å². The summed E-state index contributed by atoms with van der Waals surface area (Å²) in [6.45, 7) is 7.68. The van der Waals surface area contributed by atoms with Crippen molar-refractivity contribution in [1.82, 2.24) is 10.0 Å². The third kappa shape index (κ3) is 10.3. The van der Waals surface area contributed by atoms with Crippen molar-refractivity contribution in [3.8, 4) is 0 Å². The summed E-state index contributed by atoms with van der Waals surface area (Å²) in [6.07, 6.45) is -10.5. The zero-order valence-electron chi connectivity index (χ0n) is 23.6. The Morgan fingerprint density at radius 1 is 1.07 bits per heavy atom. The lowest BCUT2D eigenvalue weighted by Gasteiger charge is -2.53. The van der Waals surface area contributed by atoms with Gasteiger partial charge in [-0.3, -0.25) is 0 Å². The maximum Gasteiger partial charge on any atom is 0.159 e. The van der Waals surface area contributed by atoms with E-state index in [2.05, 4.69) is 5.32 Å². The Labute approximate surface area is 240 Å². The predicted molar refractivity (Wildman–Crippen MR) is 137 cm³/mol. The first-order valence-electron chi connectivity index (χ1n) is 13.0. The van der Waals surface area contributed by atoms with Crippen LogP contribution in [-0.2, 0) is 39.4 Å². The predicted octanol–water partition coefficient (Wildman–Crippen LogP) is -4.00. The van der Waals surface area contributed by atoms with Crippen molar-refractivity contribution in [2.75, 3.05) is 32.6 Å². The van der Waals surface area contributed by atoms with Crippen molar-refractivity contribution >= 4 is 26.4 Å². The zero-order valence-corrected chi connectivity index (χ0v) is 25.2. The fraction of sp³-hybridized carbons (Fsp3) is 0.957.